The number of nitrogens with one attached hydrogen (secondary N) is 1. The summed E-state index contributed by atoms with van der Waals surface area (Å²) in [6.07, 6.45) is 1.98. The maximum Gasteiger partial charge on any atom is 0.326 e. The van der Waals surface area contributed by atoms with Gasteiger partial charge in [-0.05, 0) is 39.0 Å². The van der Waals surface area contributed by atoms with E-state index < -0.39 is 0 Å². The standard InChI is InChI=1S/C13H16N2O2/c1-9-8-13(2,3)14-12(17)15(9)10-5-4-6-11(16)7-10/h4-8,16H,1-3H3,(H,14,17). The van der Waals surface area contributed by atoms with Crippen LogP contribution in [-0.4, -0.2) is 16.7 Å². The zero-order chi connectivity index (χ0) is 12.6. The van der Waals surface area contributed by atoms with E-state index in [-0.39, 0.29) is 17.3 Å². The second-order valence-corrected chi connectivity index (χ2v) is 4.79. The molecule has 0 saturated heterocycles. The van der Waals surface area contributed by atoms with Crippen LogP contribution in [-0.2, 0) is 0 Å². The molecule has 17 heavy (non-hydrogen) atoms. The number of hydrogen-bond acceptors (Lipinski definition) is 2. The second kappa shape index (κ2) is 3.80. The molecule has 90 valence electrons. The molecule has 0 atom stereocenters. The summed E-state index contributed by atoms with van der Waals surface area (Å²) in [6, 6.07) is 6.46. The molecule has 0 aliphatic carbocycles. The normalized spacial score (nSPS) is 18.6. The van der Waals surface area contributed by atoms with Gasteiger partial charge in [0.05, 0.1) is 11.2 Å². The Morgan fingerprint density at radius 3 is 2.65 bits per heavy atom. The number of amides is 2. The Morgan fingerprint density at radius 2 is 2.06 bits per heavy atom. The predicted molar refractivity (Wildman–Crippen MR) is 67.0 cm³/mol. The van der Waals surface area contributed by atoms with Gasteiger partial charge >= 0.3 is 6.03 Å². The van der Waals surface area contributed by atoms with E-state index in [1.807, 2.05) is 26.8 Å². The van der Waals surface area contributed by atoms with Crippen LogP contribution in [0.4, 0.5) is 10.5 Å². The number of carbonyl (C=O) groups excluding carboxylic acids is 1. The molecule has 1 heterocycles. The summed E-state index contributed by atoms with van der Waals surface area (Å²) in [5, 5.41) is 12.3. The molecule has 0 aromatic heterocycles. The van der Waals surface area contributed by atoms with Gasteiger partial charge in [-0.15, -0.1) is 0 Å². The number of urea groups is 1. The molecule has 2 amide bonds. The minimum absolute atomic E-state index is 0.146. The quantitative estimate of drug-likeness (QED) is 0.782. The van der Waals surface area contributed by atoms with Crippen molar-refractivity contribution in [2.45, 2.75) is 26.3 Å². The molecule has 1 aromatic rings. The zero-order valence-corrected chi connectivity index (χ0v) is 10.2. The monoisotopic (exact) mass is 232 g/mol. The smallest absolute Gasteiger partial charge is 0.326 e. The third-order valence-corrected chi connectivity index (χ3v) is 2.64. The van der Waals surface area contributed by atoms with E-state index in [1.165, 1.54) is 0 Å². The maximum absolute atomic E-state index is 12.0. The first-order valence-electron chi connectivity index (χ1n) is 5.50. The third-order valence-electron chi connectivity index (χ3n) is 2.64. The largest absolute Gasteiger partial charge is 0.508 e. The third kappa shape index (κ3) is 2.25. The Morgan fingerprint density at radius 1 is 1.35 bits per heavy atom. The van der Waals surface area contributed by atoms with Crippen molar-refractivity contribution in [3.63, 3.8) is 0 Å². The predicted octanol–water partition coefficient (Wildman–Crippen LogP) is 2.60. The Labute approximate surface area is 101 Å². The summed E-state index contributed by atoms with van der Waals surface area (Å²) in [7, 11) is 0. The first-order valence-corrected chi connectivity index (χ1v) is 5.50. The molecule has 2 rings (SSSR count). The van der Waals surface area contributed by atoms with E-state index in [4.69, 9.17) is 0 Å². The van der Waals surface area contributed by atoms with E-state index in [0.29, 0.717) is 5.69 Å². The average Bonchev–Trinajstić information content (AvgIpc) is 2.13. The number of aromatic hydroxyl groups is 1. The molecule has 0 radical (unpaired) electrons. The summed E-state index contributed by atoms with van der Waals surface area (Å²) in [5.41, 5.74) is 1.17. The van der Waals surface area contributed by atoms with Crippen LogP contribution in [0.2, 0.25) is 0 Å². The lowest BCUT2D eigenvalue weighted by Crippen LogP contribution is -2.53. The number of carbonyl (C=O) groups is 1. The fourth-order valence-corrected chi connectivity index (χ4v) is 2.07. The van der Waals surface area contributed by atoms with Crippen LogP contribution in [0.25, 0.3) is 0 Å². The van der Waals surface area contributed by atoms with Crippen LogP contribution >= 0.6 is 0 Å². The van der Waals surface area contributed by atoms with E-state index in [9.17, 15) is 9.90 Å². The highest BCUT2D eigenvalue weighted by Gasteiger charge is 2.30. The van der Waals surface area contributed by atoms with Gasteiger partial charge in [0.15, 0.2) is 0 Å². The topological polar surface area (TPSA) is 52.6 Å². The Bertz CT molecular complexity index is 492. The molecule has 0 saturated carbocycles. The van der Waals surface area contributed by atoms with Crippen LogP contribution in [0, 0.1) is 0 Å². The van der Waals surface area contributed by atoms with Crippen molar-refractivity contribution in [3.8, 4) is 5.75 Å². The lowest BCUT2D eigenvalue weighted by molar-refractivity contribution is 0.239. The van der Waals surface area contributed by atoms with Crippen LogP contribution in [0.3, 0.4) is 0 Å². The van der Waals surface area contributed by atoms with E-state index in [2.05, 4.69) is 5.32 Å². The van der Waals surface area contributed by atoms with Crippen molar-refractivity contribution in [1.29, 1.82) is 0 Å². The molecule has 0 spiro atoms. The first kappa shape index (κ1) is 11.5. The molecule has 0 bridgehead atoms. The number of hydrogen-bond donors (Lipinski definition) is 2. The van der Waals surface area contributed by atoms with Gasteiger partial charge in [0.2, 0.25) is 0 Å². The molecular formula is C13H16N2O2. The lowest BCUT2D eigenvalue weighted by atomic mass is 10.0. The Kier molecular flexibility index (Phi) is 2.58. The summed E-state index contributed by atoms with van der Waals surface area (Å²) in [5.74, 6) is 0.146. The molecular weight excluding hydrogens is 216 g/mol. The number of anilines is 1. The zero-order valence-electron chi connectivity index (χ0n) is 10.2. The number of rotatable bonds is 1. The van der Waals surface area contributed by atoms with Crippen molar-refractivity contribution >= 4 is 11.7 Å². The fourth-order valence-electron chi connectivity index (χ4n) is 2.07. The molecule has 0 unspecified atom stereocenters. The average molecular weight is 232 g/mol. The molecule has 1 aromatic carbocycles. The lowest BCUT2D eigenvalue weighted by Gasteiger charge is -2.35. The molecule has 1 aliphatic rings. The second-order valence-electron chi connectivity index (χ2n) is 4.79. The summed E-state index contributed by atoms with van der Waals surface area (Å²) >= 11 is 0. The van der Waals surface area contributed by atoms with Crippen LogP contribution < -0.4 is 10.2 Å². The molecule has 0 fully saturated rings. The van der Waals surface area contributed by atoms with Gasteiger partial charge in [-0.2, -0.15) is 0 Å². The van der Waals surface area contributed by atoms with Crippen molar-refractivity contribution in [2.75, 3.05) is 4.90 Å². The van der Waals surface area contributed by atoms with Gasteiger partial charge in [-0.3, -0.25) is 4.90 Å². The minimum Gasteiger partial charge on any atom is -0.508 e. The number of nitrogens with zero attached hydrogens (tertiary/aromatic N) is 1. The number of phenolic OH excluding ortho intramolecular Hbond substituents is 1. The number of phenols is 1. The highest BCUT2D eigenvalue weighted by Crippen LogP contribution is 2.27. The van der Waals surface area contributed by atoms with Crippen molar-refractivity contribution in [3.05, 3.63) is 36.0 Å². The summed E-state index contributed by atoms with van der Waals surface area (Å²) < 4.78 is 0. The number of allylic oxidation sites excluding steroid dienone is 1. The molecule has 2 N–H and O–H groups in total. The summed E-state index contributed by atoms with van der Waals surface area (Å²) in [6.45, 7) is 5.76. The van der Waals surface area contributed by atoms with Gasteiger partial charge in [-0.1, -0.05) is 6.07 Å². The van der Waals surface area contributed by atoms with Gasteiger partial charge in [0.1, 0.15) is 5.75 Å². The van der Waals surface area contributed by atoms with Gasteiger partial charge in [-0.25, -0.2) is 4.79 Å². The van der Waals surface area contributed by atoms with Crippen LogP contribution in [0.5, 0.6) is 5.75 Å². The molecule has 1 aliphatic heterocycles. The molecule has 4 heteroatoms. The van der Waals surface area contributed by atoms with E-state index >= 15 is 0 Å². The first-order chi connectivity index (χ1) is 7.89. The fraction of sp³-hybridized carbons (Fsp3) is 0.308. The van der Waals surface area contributed by atoms with Crippen molar-refractivity contribution in [2.24, 2.45) is 0 Å². The highest BCUT2D eigenvalue weighted by molar-refractivity contribution is 5.97. The van der Waals surface area contributed by atoms with Gasteiger partial charge in [0.25, 0.3) is 0 Å². The summed E-state index contributed by atoms with van der Waals surface area (Å²) in [4.78, 5) is 13.6. The van der Waals surface area contributed by atoms with Crippen LogP contribution in [0.1, 0.15) is 20.8 Å². The SMILES string of the molecule is CC1=CC(C)(C)NC(=O)N1c1cccc(O)c1. The van der Waals surface area contributed by atoms with E-state index in [0.717, 1.165) is 5.70 Å². The highest BCUT2D eigenvalue weighted by atomic mass is 16.3. The van der Waals surface area contributed by atoms with E-state index in [1.54, 1.807) is 29.2 Å². The minimum atomic E-state index is -0.339. The molecule has 4 nitrogen and oxygen atoms in total. The Balaban J connectivity index is 2.43. The van der Waals surface area contributed by atoms with Crippen molar-refractivity contribution < 1.29 is 9.90 Å². The van der Waals surface area contributed by atoms with Crippen LogP contribution in [0.15, 0.2) is 36.0 Å². The maximum atomic E-state index is 12.0. The van der Waals surface area contributed by atoms with Gasteiger partial charge in [0, 0.05) is 11.8 Å². The van der Waals surface area contributed by atoms with Gasteiger partial charge < -0.3 is 10.4 Å². The Hall–Kier alpha value is -1.97. The van der Waals surface area contributed by atoms with Crippen molar-refractivity contribution in [1.82, 2.24) is 5.32 Å². The number of benzene rings is 1.